The number of rotatable bonds is 3. The van der Waals surface area contributed by atoms with E-state index in [1.807, 2.05) is 6.07 Å². The molecule has 2 rings (SSSR count). The van der Waals surface area contributed by atoms with Crippen LogP contribution in [0.15, 0.2) is 23.1 Å². The molecule has 0 unspecified atom stereocenters. The molecule has 20 heavy (non-hydrogen) atoms. The van der Waals surface area contributed by atoms with Gasteiger partial charge in [0.2, 0.25) is 10.0 Å². The Labute approximate surface area is 119 Å². The lowest BCUT2D eigenvalue weighted by atomic mass is 10.00. The largest absolute Gasteiger partial charge is 0.396 e. The molecule has 0 spiro atoms. The first-order chi connectivity index (χ1) is 9.48. The minimum atomic E-state index is -3.51. The maximum Gasteiger partial charge on any atom is 0.243 e. The fourth-order valence-electron chi connectivity index (χ4n) is 2.48. The van der Waals surface area contributed by atoms with E-state index in [2.05, 4.69) is 0 Å². The molecule has 1 aliphatic rings. The Morgan fingerprint density at radius 2 is 2.05 bits per heavy atom. The van der Waals surface area contributed by atoms with E-state index in [1.54, 1.807) is 13.0 Å². The summed E-state index contributed by atoms with van der Waals surface area (Å²) < 4.78 is 26.6. The number of piperidine rings is 1. The number of aliphatic hydroxyl groups excluding tert-OH is 1. The molecular formula is C14H18N2O3S. The smallest absolute Gasteiger partial charge is 0.243 e. The first-order valence-electron chi connectivity index (χ1n) is 6.61. The third-order valence-electron chi connectivity index (χ3n) is 3.75. The maximum atomic E-state index is 12.6. The Hall–Kier alpha value is -1.42. The van der Waals surface area contributed by atoms with Crippen LogP contribution in [0.1, 0.15) is 24.0 Å². The van der Waals surface area contributed by atoms with Crippen LogP contribution in [0.2, 0.25) is 0 Å². The predicted molar refractivity (Wildman–Crippen MR) is 74.5 cm³/mol. The van der Waals surface area contributed by atoms with Crippen molar-refractivity contribution in [2.24, 2.45) is 5.92 Å². The van der Waals surface area contributed by atoms with Crippen molar-refractivity contribution < 1.29 is 13.5 Å². The first kappa shape index (κ1) is 15.0. The van der Waals surface area contributed by atoms with Gasteiger partial charge in [-0.25, -0.2) is 8.42 Å². The standard InChI is InChI=1S/C14H18N2O3S/c1-11-8-13(9-15)2-3-14(11)20(18,19)16-6-4-12(10-17)5-7-16/h2-3,8,12,17H,4-7,10H2,1H3. The highest BCUT2D eigenvalue weighted by Gasteiger charge is 2.30. The van der Waals surface area contributed by atoms with Gasteiger partial charge >= 0.3 is 0 Å². The Morgan fingerprint density at radius 3 is 2.55 bits per heavy atom. The second kappa shape index (κ2) is 5.92. The molecule has 0 aliphatic carbocycles. The van der Waals surface area contributed by atoms with Crippen LogP contribution in [0.5, 0.6) is 0 Å². The van der Waals surface area contributed by atoms with Gasteiger partial charge in [0, 0.05) is 19.7 Å². The predicted octanol–water partition coefficient (Wildman–Crippen LogP) is 1.26. The van der Waals surface area contributed by atoms with Crippen LogP contribution >= 0.6 is 0 Å². The van der Waals surface area contributed by atoms with Crippen LogP contribution in [0.4, 0.5) is 0 Å². The van der Waals surface area contributed by atoms with Crippen LogP contribution < -0.4 is 0 Å². The molecule has 108 valence electrons. The fourth-order valence-corrected chi connectivity index (χ4v) is 4.16. The van der Waals surface area contributed by atoms with E-state index in [-0.39, 0.29) is 17.4 Å². The van der Waals surface area contributed by atoms with Gasteiger partial charge < -0.3 is 5.11 Å². The number of aliphatic hydroxyl groups is 1. The normalized spacial score (nSPS) is 17.9. The average Bonchev–Trinajstić information content (AvgIpc) is 2.46. The van der Waals surface area contributed by atoms with Crippen LogP contribution in [-0.4, -0.2) is 37.5 Å². The number of sulfonamides is 1. The molecule has 1 heterocycles. The first-order valence-corrected chi connectivity index (χ1v) is 8.05. The van der Waals surface area contributed by atoms with Crippen LogP contribution in [-0.2, 0) is 10.0 Å². The lowest BCUT2D eigenvalue weighted by molar-refractivity contribution is 0.170. The van der Waals surface area contributed by atoms with Crippen molar-refractivity contribution in [3.05, 3.63) is 29.3 Å². The number of nitrogens with zero attached hydrogens (tertiary/aromatic N) is 2. The van der Waals surface area contributed by atoms with Gasteiger partial charge in [-0.1, -0.05) is 0 Å². The molecule has 1 aromatic rings. The molecule has 1 aliphatic heterocycles. The number of nitriles is 1. The summed E-state index contributed by atoms with van der Waals surface area (Å²) in [4.78, 5) is 0.263. The number of hydrogen-bond acceptors (Lipinski definition) is 4. The molecule has 0 radical (unpaired) electrons. The maximum absolute atomic E-state index is 12.6. The van der Waals surface area contributed by atoms with E-state index in [0.717, 1.165) is 0 Å². The summed E-state index contributed by atoms with van der Waals surface area (Å²) in [6, 6.07) is 6.62. The lowest BCUT2D eigenvalue weighted by Crippen LogP contribution is -2.39. The zero-order valence-corrected chi connectivity index (χ0v) is 12.2. The van der Waals surface area contributed by atoms with E-state index in [9.17, 15) is 8.42 Å². The highest BCUT2D eigenvalue weighted by molar-refractivity contribution is 7.89. The minimum absolute atomic E-state index is 0.115. The van der Waals surface area contributed by atoms with Gasteiger partial charge in [-0.15, -0.1) is 0 Å². The molecule has 1 fully saturated rings. The summed E-state index contributed by atoms with van der Waals surface area (Å²) in [7, 11) is -3.51. The van der Waals surface area contributed by atoms with Crippen molar-refractivity contribution in [2.45, 2.75) is 24.7 Å². The van der Waals surface area contributed by atoms with Crippen molar-refractivity contribution in [2.75, 3.05) is 19.7 Å². The molecule has 0 bridgehead atoms. The SMILES string of the molecule is Cc1cc(C#N)ccc1S(=O)(=O)N1CCC(CO)CC1. The summed E-state index contributed by atoms with van der Waals surface area (Å²) in [6.45, 7) is 2.69. The topological polar surface area (TPSA) is 81.4 Å². The van der Waals surface area contributed by atoms with Crippen molar-refractivity contribution in [1.82, 2.24) is 4.31 Å². The highest BCUT2D eigenvalue weighted by atomic mass is 32.2. The Bertz CT molecular complexity index is 626. The Balaban J connectivity index is 2.25. The zero-order chi connectivity index (χ0) is 14.8. The molecular weight excluding hydrogens is 276 g/mol. The molecule has 0 atom stereocenters. The molecule has 6 heteroatoms. The van der Waals surface area contributed by atoms with Crippen molar-refractivity contribution >= 4 is 10.0 Å². The van der Waals surface area contributed by atoms with Gasteiger partial charge in [-0.05, 0) is 49.4 Å². The van der Waals surface area contributed by atoms with Crippen molar-refractivity contribution in [3.63, 3.8) is 0 Å². The molecule has 1 aromatic carbocycles. The third-order valence-corrected chi connectivity index (χ3v) is 5.81. The molecule has 5 nitrogen and oxygen atoms in total. The van der Waals surface area contributed by atoms with E-state index >= 15 is 0 Å². The average molecular weight is 294 g/mol. The van der Waals surface area contributed by atoms with Crippen molar-refractivity contribution in [1.29, 1.82) is 5.26 Å². The summed E-state index contributed by atoms with van der Waals surface area (Å²) in [5.74, 6) is 0.198. The monoisotopic (exact) mass is 294 g/mol. The molecule has 0 amide bonds. The Kier molecular flexibility index (Phi) is 4.43. The van der Waals surface area contributed by atoms with E-state index in [4.69, 9.17) is 10.4 Å². The van der Waals surface area contributed by atoms with Gasteiger partial charge in [0.15, 0.2) is 0 Å². The Morgan fingerprint density at radius 1 is 1.40 bits per heavy atom. The van der Waals surface area contributed by atoms with Gasteiger partial charge in [0.05, 0.1) is 16.5 Å². The summed E-state index contributed by atoms with van der Waals surface area (Å²) in [5, 5.41) is 17.9. The molecule has 0 aromatic heterocycles. The van der Waals surface area contributed by atoms with Gasteiger partial charge in [0.1, 0.15) is 0 Å². The second-order valence-corrected chi connectivity index (χ2v) is 7.03. The van der Waals surface area contributed by atoms with Gasteiger partial charge in [-0.3, -0.25) is 0 Å². The molecule has 1 N–H and O–H groups in total. The quantitative estimate of drug-likeness (QED) is 0.910. The minimum Gasteiger partial charge on any atom is -0.396 e. The van der Waals surface area contributed by atoms with E-state index in [0.29, 0.717) is 37.1 Å². The summed E-state index contributed by atoms with van der Waals surface area (Å²) in [6.07, 6.45) is 1.37. The van der Waals surface area contributed by atoms with Crippen molar-refractivity contribution in [3.8, 4) is 6.07 Å². The van der Waals surface area contributed by atoms with Crippen LogP contribution in [0.3, 0.4) is 0 Å². The van der Waals surface area contributed by atoms with Gasteiger partial charge in [-0.2, -0.15) is 9.57 Å². The lowest BCUT2D eigenvalue weighted by Gasteiger charge is -2.30. The fraction of sp³-hybridized carbons (Fsp3) is 0.500. The molecule has 1 saturated heterocycles. The number of hydrogen-bond donors (Lipinski definition) is 1. The number of aryl methyl sites for hydroxylation is 1. The third kappa shape index (κ3) is 2.85. The highest BCUT2D eigenvalue weighted by Crippen LogP contribution is 2.25. The molecule has 0 saturated carbocycles. The van der Waals surface area contributed by atoms with E-state index in [1.165, 1.54) is 16.4 Å². The number of benzene rings is 1. The van der Waals surface area contributed by atoms with Crippen LogP contribution in [0, 0.1) is 24.2 Å². The zero-order valence-electron chi connectivity index (χ0n) is 11.4. The summed E-state index contributed by atoms with van der Waals surface area (Å²) in [5.41, 5.74) is 1.05. The van der Waals surface area contributed by atoms with Crippen LogP contribution in [0.25, 0.3) is 0 Å². The van der Waals surface area contributed by atoms with E-state index < -0.39 is 10.0 Å². The second-order valence-electron chi connectivity index (χ2n) is 5.12. The summed E-state index contributed by atoms with van der Waals surface area (Å²) >= 11 is 0. The van der Waals surface area contributed by atoms with Gasteiger partial charge in [0.25, 0.3) is 0 Å².